The molecule has 0 radical (unpaired) electrons. The Bertz CT molecular complexity index is 862. The SMILES string of the molecule is NC(=O)c1ccc2cncc(-c3ccc(F)c(F)c3)c2c1. The summed E-state index contributed by atoms with van der Waals surface area (Å²) in [5, 5.41) is 1.48. The zero-order valence-electron chi connectivity index (χ0n) is 10.8. The van der Waals surface area contributed by atoms with E-state index in [2.05, 4.69) is 4.98 Å². The zero-order valence-corrected chi connectivity index (χ0v) is 10.8. The number of hydrogen-bond acceptors (Lipinski definition) is 2. The molecule has 0 aliphatic carbocycles. The van der Waals surface area contributed by atoms with Crippen molar-refractivity contribution in [3.63, 3.8) is 0 Å². The fraction of sp³-hybridized carbons (Fsp3) is 0. The number of nitrogens with zero attached hydrogens (tertiary/aromatic N) is 1. The van der Waals surface area contributed by atoms with Gasteiger partial charge in [0.1, 0.15) is 0 Å². The molecule has 1 heterocycles. The minimum absolute atomic E-state index is 0.345. The molecule has 21 heavy (non-hydrogen) atoms. The second-order valence-corrected chi connectivity index (χ2v) is 4.62. The Morgan fingerprint density at radius 2 is 1.81 bits per heavy atom. The maximum atomic E-state index is 13.4. The Hall–Kier alpha value is -2.82. The number of amides is 1. The van der Waals surface area contributed by atoms with Crippen molar-refractivity contribution < 1.29 is 13.6 Å². The third kappa shape index (κ3) is 2.33. The van der Waals surface area contributed by atoms with Crippen LogP contribution in [0.4, 0.5) is 8.78 Å². The van der Waals surface area contributed by atoms with Crippen LogP contribution in [-0.2, 0) is 0 Å². The number of carbonyl (C=O) groups excluding carboxylic acids is 1. The van der Waals surface area contributed by atoms with Crippen LogP contribution in [0.2, 0.25) is 0 Å². The van der Waals surface area contributed by atoms with Crippen LogP contribution in [0.1, 0.15) is 10.4 Å². The van der Waals surface area contributed by atoms with Gasteiger partial charge >= 0.3 is 0 Å². The average molecular weight is 284 g/mol. The highest BCUT2D eigenvalue weighted by atomic mass is 19.2. The van der Waals surface area contributed by atoms with E-state index in [-0.39, 0.29) is 0 Å². The van der Waals surface area contributed by atoms with Gasteiger partial charge in [0.2, 0.25) is 5.91 Å². The molecule has 3 rings (SSSR count). The van der Waals surface area contributed by atoms with Gasteiger partial charge in [0.15, 0.2) is 11.6 Å². The molecular weight excluding hydrogens is 274 g/mol. The summed E-state index contributed by atoms with van der Waals surface area (Å²) < 4.78 is 26.4. The van der Waals surface area contributed by atoms with Crippen molar-refractivity contribution >= 4 is 16.7 Å². The van der Waals surface area contributed by atoms with Crippen LogP contribution >= 0.6 is 0 Å². The van der Waals surface area contributed by atoms with Gasteiger partial charge < -0.3 is 5.73 Å². The number of halogens is 2. The zero-order chi connectivity index (χ0) is 15.0. The summed E-state index contributed by atoms with van der Waals surface area (Å²) in [7, 11) is 0. The van der Waals surface area contributed by atoms with Gasteiger partial charge in [0.25, 0.3) is 0 Å². The maximum Gasteiger partial charge on any atom is 0.248 e. The first-order chi connectivity index (χ1) is 10.1. The van der Waals surface area contributed by atoms with Crippen LogP contribution in [0.3, 0.4) is 0 Å². The highest BCUT2D eigenvalue weighted by Crippen LogP contribution is 2.29. The van der Waals surface area contributed by atoms with Gasteiger partial charge in [-0.2, -0.15) is 0 Å². The molecule has 0 bridgehead atoms. The Morgan fingerprint density at radius 1 is 1.00 bits per heavy atom. The predicted octanol–water partition coefficient (Wildman–Crippen LogP) is 3.28. The van der Waals surface area contributed by atoms with E-state index in [4.69, 9.17) is 5.73 Å². The summed E-state index contributed by atoms with van der Waals surface area (Å²) in [6, 6.07) is 8.55. The van der Waals surface area contributed by atoms with Gasteiger partial charge in [-0.25, -0.2) is 8.78 Å². The first-order valence-electron chi connectivity index (χ1n) is 6.19. The monoisotopic (exact) mass is 284 g/mol. The van der Waals surface area contributed by atoms with Crippen molar-refractivity contribution in [1.29, 1.82) is 0 Å². The number of primary amides is 1. The number of carbonyl (C=O) groups is 1. The van der Waals surface area contributed by atoms with Gasteiger partial charge in [-0.3, -0.25) is 9.78 Å². The summed E-state index contributed by atoms with van der Waals surface area (Å²) >= 11 is 0. The summed E-state index contributed by atoms with van der Waals surface area (Å²) in [5.41, 5.74) is 6.70. The van der Waals surface area contributed by atoms with E-state index in [1.807, 2.05) is 0 Å². The lowest BCUT2D eigenvalue weighted by Crippen LogP contribution is -2.10. The number of pyridine rings is 1. The van der Waals surface area contributed by atoms with Gasteiger partial charge in [-0.05, 0) is 35.2 Å². The third-order valence-corrected chi connectivity index (χ3v) is 3.28. The van der Waals surface area contributed by atoms with E-state index in [0.717, 1.165) is 17.5 Å². The normalized spacial score (nSPS) is 10.8. The van der Waals surface area contributed by atoms with Crippen molar-refractivity contribution in [3.8, 4) is 11.1 Å². The van der Waals surface area contributed by atoms with Crippen molar-refractivity contribution in [2.24, 2.45) is 5.73 Å². The number of rotatable bonds is 2. The molecule has 0 unspecified atom stereocenters. The summed E-state index contributed by atoms with van der Waals surface area (Å²) in [6.07, 6.45) is 3.17. The van der Waals surface area contributed by atoms with Crippen LogP contribution in [0.5, 0.6) is 0 Å². The fourth-order valence-corrected chi connectivity index (χ4v) is 2.21. The van der Waals surface area contributed by atoms with E-state index in [1.54, 1.807) is 30.6 Å². The number of aromatic nitrogens is 1. The lowest BCUT2D eigenvalue weighted by atomic mass is 9.99. The first kappa shape index (κ1) is 13.2. The van der Waals surface area contributed by atoms with Crippen LogP contribution in [0.25, 0.3) is 21.9 Å². The summed E-state index contributed by atoms with van der Waals surface area (Å²) in [4.78, 5) is 15.4. The molecule has 0 aliphatic rings. The molecule has 2 N–H and O–H groups in total. The molecule has 0 fully saturated rings. The third-order valence-electron chi connectivity index (χ3n) is 3.28. The van der Waals surface area contributed by atoms with E-state index in [9.17, 15) is 13.6 Å². The minimum atomic E-state index is -0.935. The molecule has 3 nitrogen and oxygen atoms in total. The van der Waals surface area contributed by atoms with E-state index in [0.29, 0.717) is 22.1 Å². The van der Waals surface area contributed by atoms with Crippen molar-refractivity contribution in [1.82, 2.24) is 4.98 Å². The molecule has 5 heteroatoms. The van der Waals surface area contributed by atoms with E-state index in [1.165, 1.54) is 6.07 Å². The Labute approximate surface area is 119 Å². The second-order valence-electron chi connectivity index (χ2n) is 4.62. The van der Waals surface area contributed by atoms with E-state index < -0.39 is 17.5 Å². The fourth-order valence-electron chi connectivity index (χ4n) is 2.21. The maximum absolute atomic E-state index is 13.4. The predicted molar refractivity (Wildman–Crippen MR) is 75.6 cm³/mol. The highest BCUT2D eigenvalue weighted by Gasteiger charge is 2.10. The molecule has 3 aromatic rings. The Balaban J connectivity index is 2.28. The minimum Gasteiger partial charge on any atom is -0.366 e. The Morgan fingerprint density at radius 3 is 2.52 bits per heavy atom. The second kappa shape index (κ2) is 4.94. The van der Waals surface area contributed by atoms with E-state index >= 15 is 0 Å². The molecule has 1 aromatic heterocycles. The molecule has 2 aromatic carbocycles. The number of fused-ring (bicyclic) bond motifs is 1. The van der Waals surface area contributed by atoms with Crippen molar-refractivity contribution in [2.75, 3.05) is 0 Å². The van der Waals surface area contributed by atoms with Gasteiger partial charge in [-0.15, -0.1) is 0 Å². The molecule has 0 spiro atoms. The van der Waals surface area contributed by atoms with Crippen molar-refractivity contribution in [2.45, 2.75) is 0 Å². The Kier molecular flexibility index (Phi) is 3.10. The number of benzene rings is 2. The number of nitrogens with two attached hydrogens (primary N) is 1. The molecule has 0 atom stereocenters. The highest BCUT2D eigenvalue weighted by molar-refractivity contribution is 6.02. The lowest BCUT2D eigenvalue weighted by Gasteiger charge is -2.08. The molecular formula is C16H10F2N2O. The van der Waals surface area contributed by atoms with Gasteiger partial charge in [0.05, 0.1) is 0 Å². The lowest BCUT2D eigenvalue weighted by molar-refractivity contribution is 0.100. The average Bonchev–Trinajstić information content (AvgIpc) is 2.49. The van der Waals surface area contributed by atoms with Crippen LogP contribution < -0.4 is 5.73 Å². The summed E-state index contributed by atoms with van der Waals surface area (Å²) in [5.74, 6) is -2.40. The molecule has 0 aliphatic heterocycles. The largest absolute Gasteiger partial charge is 0.366 e. The quantitative estimate of drug-likeness (QED) is 0.785. The smallest absolute Gasteiger partial charge is 0.248 e. The molecule has 104 valence electrons. The topological polar surface area (TPSA) is 56.0 Å². The molecule has 0 saturated carbocycles. The first-order valence-corrected chi connectivity index (χ1v) is 6.19. The van der Waals surface area contributed by atoms with Crippen LogP contribution in [-0.4, -0.2) is 10.9 Å². The van der Waals surface area contributed by atoms with Crippen LogP contribution in [0, 0.1) is 11.6 Å². The van der Waals surface area contributed by atoms with Gasteiger partial charge in [-0.1, -0.05) is 12.1 Å². The molecule has 0 saturated heterocycles. The van der Waals surface area contributed by atoms with Gasteiger partial charge in [0, 0.05) is 28.9 Å². The molecule has 1 amide bonds. The number of hydrogen-bond donors (Lipinski definition) is 1. The van der Waals surface area contributed by atoms with Crippen LogP contribution in [0.15, 0.2) is 48.8 Å². The standard InChI is InChI=1S/C16H10F2N2O/c17-14-4-3-9(6-15(14)18)13-8-20-7-11-2-1-10(16(19)21)5-12(11)13/h1-8H,(H2,19,21). The van der Waals surface area contributed by atoms with Crippen molar-refractivity contribution in [3.05, 3.63) is 66.0 Å². The summed E-state index contributed by atoms with van der Waals surface area (Å²) in [6.45, 7) is 0.